The highest BCUT2D eigenvalue weighted by Crippen LogP contribution is 2.17. The zero-order chi connectivity index (χ0) is 13.4. The van der Waals surface area contributed by atoms with Crippen molar-refractivity contribution < 1.29 is 8.42 Å². The third kappa shape index (κ3) is 4.52. The summed E-state index contributed by atoms with van der Waals surface area (Å²) in [6.45, 7) is 7.16. The minimum absolute atomic E-state index is 0.208. The molecule has 4 nitrogen and oxygen atoms in total. The molecule has 1 saturated heterocycles. The van der Waals surface area contributed by atoms with Gasteiger partial charge < -0.3 is 5.32 Å². The monoisotopic (exact) mass is 276 g/mol. The van der Waals surface area contributed by atoms with Gasteiger partial charge in [0.25, 0.3) is 0 Å². The lowest BCUT2D eigenvalue weighted by Gasteiger charge is -2.30. The molecule has 1 aliphatic heterocycles. The Balaban J connectivity index is 2.66. The van der Waals surface area contributed by atoms with Gasteiger partial charge in [-0.25, -0.2) is 12.7 Å². The highest BCUT2D eigenvalue weighted by molar-refractivity contribution is 7.89. The van der Waals surface area contributed by atoms with E-state index in [1.165, 1.54) is 0 Å². The first-order valence-corrected chi connectivity index (χ1v) is 8.83. The first-order valence-electron chi connectivity index (χ1n) is 7.32. The Labute approximate surface area is 112 Å². The molecule has 0 saturated carbocycles. The molecule has 0 aromatic heterocycles. The fourth-order valence-electron chi connectivity index (χ4n) is 2.32. The molecule has 1 rings (SSSR count). The van der Waals surface area contributed by atoms with Crippen molar-refractivity contribution in [1.29, 1.82) is 0 Å². The second-order valence-corrected chi connectivity index (χ2v) is 7.33. The third-order valence-corrected chi connectivity index (χ3v) is 5.88. The SMILES string of the molecule is CCCCN(CCCC)S(=O)(=O)C1CCCNC1. The molecule has 1 unspecified atom stereocenters. The van der Waals surface area contributed by atoms with Crippen molar-refractivity contribution in [1.82, 2.24) is 9.62 Å². The minimum atomic E-state index is -3.10. The van der Waals surface area contributed by atoms with Crippen LogP contribution in [-0.4, -0.2) is 44.2 Å². The van der Waals surface area contributed by atoms with Crippen molar-refractivity contribution in [3.63, 3.8) is 0 Å². The summed E-state index contributed by atoms with van der Waals surface area (Å²) < 4.78 is 26.9. The maximum absolute atomic E-state index is 12.6. The highest BCUT2D eigenvalue weighted by atomic mass is 32.2. The number of nitrogens with zero attached hydrogens (tertiary/aromatic N) is 1. The van der Waals surface area contributed by atoms with Crippen molar-refractivity contribution in [3.8, 4) is 0 Å². The molecule has 18 heavy (non-hydrogen) atoms. The van der Waals surface area contributed by atoms with Gasteiger partial charge in [-0.15, -0.1) is 0 Å². The van der Waals surface area contributed by atoms with Gasteiger partial charge in [-0.3, -0.25) is 0 Å². The zero-order valence-corrected chi connectivity index (χ0v) is 12.6. The average Bonchev–Trinajstić information content (AvgIpc) is 2.39. The largest absolute Gasteiger partial charge is 0.315 e. The minimum Gasteiger partial charge on any atom is -0.315 e. The van der Waals surface area contributed by atoms with Crippen LogP contribution in [0.1, 0.15) is 52.4 Å². The maximum atomic E-state index is 12.6. The van der Waals surface area contributed by atoms with Crippen LogP contribution < -0.4 is 5.32 Å². The molecule has 0 amide bonds. The van der Waals surface area contributed by atoms with Crippen LogP contribution in [0, 0.1) is 0 Å². The van der Waals surface area contributed by atoms with Gasteiger partial charge in [0.15, 0.2) is 0 Å². The van der Waals surface area contributed by atoms with E-state index >= 15 is 0 Å². The van der Waals surface area contributed by atoms with Gasteiger partial charge in [-0.1, -0.05) is 26.7 Å². The van der Waals surface area contributed by atoms with Crippen LogP contribution in [-0.2, 0) is 10.0 Å². The van der Waals surface area contributed by atoms with E-state index < -0.39 is 10.0 Å². The summed E-state index contributed by atoms with van der Waals surface area (Å²) in [4.78, 5) is 0. The third-order valence-electron chi connectivity index (χ3n) is 3.55. The first-order chi connectivity index (χ1) is 8.62. The van der Waals surface area contributed by atoms with Crippen LogP contribution >= 0.6 is 0 Å². The summed E-state index contributed by atoms with van der Waals surface area (Å²) in [5.41, 5.74) is 0. The molecule has 5 heteroatoms. The maximum Gasteiger partial charge on any atom is 0.218 e. The fraction of sp³-hybridized carbons (Fsp3) is 1.00. The number of hydrogen-bond donors (Lipinski definition) is 1. The Morgan fingerprint density at radius 2 is 1.78 bits per heavy atom. The number of sulfonamides is 1. The van der Waals surface area contributed by atoms with Crippen LogP contribution in [0.5, 0.6) is 0 Å². The van der Waals surface area contributed by atoms with Crippen molar-refractivity contribution in [3.05, 3.63) is 0 Å². The second kappa shape index (κ2) is 8.12. The Kier molecular flexibility index (Phi) is 7.19. The molecule has 0 aromatic rings. The van der Waals surface area contributed by atoms with Crippen molar-refractivity contribution in [2.24, 2.45) is 0 Å². The number of hydrogen-bond acceptors (Lipinski definition) is 3. The number of unbranched alkanes of at least 4 members (excludes halogenated alkanes) is 2. The summed E-state index contributed by atoms with van der Waals surface area (Å²) in [5.74, 6) is 0. The van der Waals surface area contributed by atoms with E-state index in [-0.39, 0.29) is 5.25 Å². The fourth-order valence-corrected chi connectivity index (χ4v) is 4.30. The van der Waals surface area contributed by atoms with E-state index in [2.05, 4.69) is 19.2 Å². The van der Waals surface area contributed by atoms with Crippen LogP contribution in [0.25, 0.3) is 0 Å². The summed E-state index contributed by atoms with van der Waals surface area (Å²) >= 11 is 0. The Morgan fingerprint density at radius 1 is 1.17 bits per heavy atom. The van der Waals surface area contributed by atoms with E-state index in [0.29, 0.717) is 19.6 Å². The molecular formula is C13H28N2O2S. The molecule has 108 valence electrons. The van der Waals surface area contributed by atoms with E-state index in [1.54, 1.807) is 4.31 Å². The van der Waals surface area contributed by atoms with E-state index in [0.717, 1.165) is 45.1 Å². The van der Waals surface area contributed by atoms with E-state index in [1.807, 2.05) is 0 Å². The van der Waals surface area contributed by atoms with Crippen molar-refractivity contribution in [2.45, 2.75) is 57.6 Å². The Bertz CT molecular complexity index is 303. The van der Waals surface area contributed by atoms with Gasteiger partial charge in [0.05, 0.1) is 5.25 Å². The molecular weight excluding hydrogens is 248 g/mol. The van der Waals surface area contributed by atoms with Crippen molar-refractivity contribution in [2.75, 3.05) is 26.2 Å². The molecule has 0 spiro atoms. The molecule has 1 aliphatic rings. The lowest BCUT2D eigenvalue weighted by Crippen LogP contribution is -2.46. The van der Waals surface area contributed by atoms with Gasteiger partial charge in [-0.2, -0.15) is 0 Å². The zero-order valence-electron chi connectivity index (χ0n) is 11.8. The predicted molar refractivity (Wildman–Crippen MR) is 76.2 cm³/mol. The second-order valence-electron chi connectivity index (χ2n) is 5.12. The standard InChI is InChI=1S/C13H28N2O2S/c1-3-5-10-15(11-6-4-2)18(16,17)13-8-7-9-14-12-13/h13-14H,3-12H2,1-2H3. The number of piperidine rings is 1. The number of rotatable bonds is 8. The van der Waals surface area contributed by atoms with Crippen molar-refractivity contribution >= 4 is 10.0 Å². The molecule has 0 bridgehead atoms. The summed E-state index contributed by atoms with van der Waals surface area (Å²) in [5, 5.41) is 2.99. The van der Waals surface area contributed by atoms with Gasteiger partial charge in [0, 0.05) is 19.6 Å². The van der Waals surface area contributed by atoms with Gasteiger partial charge >= 0.3 is 0 Å². The van der Waals surface area contributed by atoms with E-state index in [4.69, 9.17) is 0 Å². The topological polar surface area (TPSA) is 49.4 Å². The lowest BCUT2D eigenvalue weighted by molar-refractivity contribution is 0.378. The quantitative estimate of drug-likeness (QED) is 0.737. The van der Waals surface area contributed by atoms with Crippen LogP contribution in [0.15, 0.2) is 0 Å². The molecule has 1 fully saturated rings. The van der Waals surface area contributed by atoms with Gasteiger partial charge in [0.1, 0.15) is 0 Å². The summed E-state index contributed by atoms with van der Waals surface area (Å²) in [6, 6.07) is 0. The van der Waals surface area contributed by atoms with Gasteiger partial charge in [0.2, 0.25) is 10.0 Å². The smallest absolute Gasteiger partial charge is 0.218 e. The molecule has 1 N–H and O–H groups in total. The molecule has 0 aliphatic carbocycles. The summed E-state index contributed by atoms with van der Waals surface area (Å²) in [6.07, 6.45) is 5.79. The van der Waals surface area contributed by atoms with Crippen LogP contribution in [0.3, 0.4) is 0 Å². The lowest BCUT2D eigenvalue weighted by atomic mass is 10.2. The highest BCUT2D eigenvalue weighted by Gasteiger charge is 2.32. The predicted octanol–water partition coefficient (Wildman–Crippen LogP) is 1.97. The Morgan fingerprint density at radius 3 is 2.22 bits per heavy atom. The Hall–Kier alpha value is -0.130. The van der Waals surface area contributed by atoms with E-state index in [9.17, 15) is 8.42 Å². The van der Waals surface area contributed by atoms with Crippen LogP contribution in [0.2, 0.25) is 0 Å². The average molecular weight is 276 g/mol. The normalized spacial score (nSPS) is 21.4. The molecule has 1 heterocycles. The molecule has 1 atom stereocenters. The summed E-state index contributed by atoms with van der Waals surface area (Å²) in [7, 11) is -3.10. The van der Waals surface area contributed by atoms with Crippen LogP contribution in [0.4, 0.5) is 0 Å². The van der Waals surface area contributed by atoms with Gasteiger partial charge in [-0.05, 0) is 32.2 Å². The molecule has 0 aromatic carbocycles. The number of nitrogens with one attached hydrogen (secondary N) is 1. The molecule has 0 radical (unpaired) electrons. The first kappa shape index (κ1) is 15.9.